The number of fused-ring (bicyclic) bond motifs is 3. The Morgan fingerprint density at radius 3 is 2.72 bits per heavy atom. The van der Waals surface area contributed by atoms with E-state index in [0.29, 0.717) is 29.7 Å². The highest BCUT2D eigenvalue weighted by Gasteiger charge is 2.34. The number of ether oxygens (including phenoxy) is 1. The number of benzene rings is 2. The molecule has 29 heavy (non-hydrogen) atoms. The third-order valence-electron chi connectivity index (χ3n) is 5.28. The van der Waals surface area contributed by atoms with E-state index in [4.69, 9.17) is 4.74 Å². The maximum atomic E-state index is 13.3. The first-order valence-corrected chi connectivity index (χ1v) is 9.32. The van der Waals surface area contributed by atoms with Crippen LogP contribution in [0.5, 0.6) is 5.75 Å². The molecule has 0 saturated heterocycles. The molecule has 0 aliphatic carbocycles. The predicted octanol–water partition coefficient (Wildman–Crippen LogP) is 4.31. The summed E-state index contributed by atoms with van der Waals surface area (Å²) in [6.45, 7) is 4.72. The molecule has 0 radical (unpaired) electrons. The molecule has 2 aliphatic heterocycles. The van der Waals surface area contributed by atoms with E-state index in [-0.39, 0.29) is 11.6 Å². The maximum Gasteiger partial charge on any atom is 0.416 e. The van der Waals surface area contributed by atoms with Gasteiger partial charge in [-0.15, -0.1) is 0 Å². The fourth-order valence-corrected chi connectivity index (χ4v) is 3.81. The molecular weight excluding hydrogens is 381 g/mol. The number of guanidine groups is 1. The van der Waals surface area contributed by atoms with E-state index in [1.165, 1.54) is 13.0 Å². The quantitative estimate of drug-likeness (QED) is 0.832. The molecule has 2 aliphatic rings. The average Bonchev–Trinajstić information content (AvgIpc) is 3.15. The molecule has 0 spiro atoms. The van der Waals surface area contributed by atoms with Crippen molar-refractivity contribution in [3.8, 4) is 5.75 Å². The van der Waals surface area contributed by atoms with Gasteiger partial charge in [0.25, 0.3) is 0 Å². The number of halogens is 3. The monoisotopic (exact) mass is 402 g/mol. The highest BCUT2D eigenvalue weighted by molar-refractivity contribution is 6.18. The Labute approximate surface area is 166 Å². The highest BCUT2D eigenvalue weighted by Crippen LogP contribution is 2.35. The Hall–Kier alpha value is -3.03. The van der Waals surface area contributed by atoms with Gasteiger partial charge < -0.3 is 15.0 Å². The van der Waals surface area contributed by atoms with Gasteiger partial charge in [0, 0.05) is 12.1 Å². The lowest BCUT2D eigenvalue weighted by Gasteiger charge is -2.29. The van der Waals surface area contributed by atoms with Crippen molar-refractivity contribution in [2.24, 2.45) is 9.98 Å². The number of hydrogen-bond donors (Lipinski definition) is 1. The topological polar surface area (TPSA) is 49.2 Å². The summed E-state index contributed by atoms with van der Waals surface area (Å²) < 4.78 is 45.2. The molecule has 2 heterocycles. The zero-order valence-corrected chi connectivity index (χ0v) is 16.3. The molecule has 0 bridgehead atoms. The molecule has 2 aromatic rings. The Morgan fingerprint density at radius 2 is 2.00 bits per heavy atom. The Morgan fingerprint density at radius 1 is 1.21 bits per heavy atom. The second-order valence-electron chi connectivity index (χ2n) is 7.06. The van der Waals surface area contributed by atoms with Crippen LogP contribution in [0.15, 0.2) is 46.4 Å². The van der Waals surface area contributed by atoms with Crippen LogP contribution in [0, 0.1) is 6.92 Å². The van der Waals surface area contributed by atoms with Crippen LogP contribution >= 0.6 is 0 Å². The van der Waals surface area contributed by atoms with Crippen LogP contribution in [0.4, 0.5) is 18.9 Å². The zero-order chi connectivity index (χ0) is 20.8. The van der Waals surface area contributed by atoms with Crippen LogP contribution in [0.25, 0.3) is 0 Å². The molecular formula is C21H21F3N4O. The van der Waals surface area contributed by atoms with Gasteiger partial charge >= 0.3 is 6.18 Å². The first-order valence-electron chi connectivity index (χ1n) is 9.32. The van der Waals surface area contributed by atoms with Crippen molar-refractivity contribution in [1.29, 1.82) is 0 Å². The van der Waals surface area contributed by atoms with Gasteiger partial charge in [-0.25, -0.2) is 4.99 Å². The van der Waals surface area contributed by atoms with Crippen molar-refractivity contribution in [2.75, 3.05) is 25.1 Å². The number of methoxy groups -OCH3 is 1. The summed E-state index contributed by atoms with van der Waals surface area (Å²) in [6, 6.07) is 9.56. The smallest absolute Gasteiger partial charge is 0.416 e. The number of anilines is 1. The first kappa shape index (κ1) is 19.3. The summed E-state index contributed by atoms with van der Waals surface area (Å²) in [5, 5.41) is 3.29. The maximum absolute atomic E-state index is 13.3. The molecule has 4 rings (SSSR count). The summed E-state index contributed by atoms with van der Waals surface area (Å²) in [5.74, 6) is 1.86. The summed E-state index contributed by atoms with van der Waals surface area (Å²) in [4.78, 5) is 11.1. The minimum Gasteiger partial charge on any atom is -0.497 e. The molecule has 8 heteroatoms. The summed E-state index contributed by atoms with van der Waals surface area (Å²) in [5.41, 5.74) is 1.95. The Kier molecular flexibility index (Phi) is 4.72. The predicted molar refractivity (Wildman–Crippen MR) is 107 cm³/mol. The third kappa shape index (κ3) is 3.43. The van der Waals surface area contributed by atoms with Crippen molar-refractivity contribution in [3.05, 3.63) is 58.7 Å². The number of rotatable bonds is 3. The fourth-order valence-electron chi connectivity index (χ4n) is 3.81. The van der Waals surface area contributed by atoms with E-state index in [1.807, 2.05) is 30.0 Å². The van der Waals surface area contributed by atoms with E-state index in [2.05, 4.69) is 15.3 Å². The van der Waals surface area contributed by atoms with Crippen LogP contribution in [-0.4, -0.2) is 32.0 Å². The molecule has 1 N–H and O–H groups in total. The molecule has 1 atom stereocenters. The molecule has 152 valence electrons. The number of aliphatic imine (C=N–C) groups is 2. The lowest BCUT2D eigenvalue weighted by Crippen LogP contribution is -2.38. The second-order valence-corrected chi connectivity index (χ2v) is 7.06. The highest BCUT2D eigenvalue weighted by atomic mass is 19.4. The lowest BCUT2D eigenvalue weighted by atomic mass is 9.96. The van der Waals surface area contributed by atoms with Crippen LogP contribution in [0.3, 0.4) is 0 Å². The van der Waals surface area contributed by atoms with Crippen molar-refractivity contribution in [2.45, 2.75) is 26.1 Å². The molecule has 0 saturated carbocycles. The minimum atomic E-state index is -4.39. The normalized spacial score (nSPS) is 16.6. The van der Waals surface area contributed by atoms with Crippen molar-refractivity contribution in [3.63, 3.8) is 0 Å². The minimum absolute atomic E-state index is 0.210. The van der Waals surface area contributed by atoms with E-state index < -0.39 is 11.7 Å². The van der Waals surface area contributed by atoms with Crippen LogP contribution in [0.2, 0.25) is 0 Å². The van der Waals surface area contributed by atoms with Gasteiger partial charge in [0.1, 0.15) is 11.6 Å². The van der Waals surface area contributed by atoms with Crippen molar-refractivity contribution < 1.29 is 17.9 Å². The van der Waals surface area contributed by atoms with Crippen LogP contribution in [0.1, 0.15) is 35.2 Å². The van der Waals surface area contributed by atoms with E-state index in [0.717, 1.165) is 23.9 Å². The summed E-state index contributed by atoms with van der Waals surface area (Å²) >= 11 is 0. The van der Waals surface area contributed by atoms with Crippen LogP contribution < -0.4 is 15.0 Å². The van der Waals surface area contributed by atoms with E-state index in [9.17, 15) is 13.2 Å². The summed E-state index contributed by atoms with van der Waals surface area (Å²) in [6.07, 6.45) is -4.39. The van der Waals surface area contributed by atoms with Crippen molar-refractivity contribution >= 4 is 17.5 Å². The van der Waals surface area contributed by atoms with Gasteiger partial charge in [0.05, 0.1) is 30.9 Å². The third-order valence-corrected chi connectivity index (χ3v) is 5.28. The largest absolute Gasteiger partial charge is 0.497 e. The standard InChI is InChI=1S/C21H21F3N4O/c1-12-15(5-4-6-17(12)21(22,23)24)13(2)26-19-16-11-14(29-3)7-8-18(16)28-10-9-25-20(28)27-19/h4-8,11,13H,9-10H2,1-3H3,(H,25,26,27)/t13-/m1/s1. The number of alkyl halides is 3. The van der Waals surface area contributed by atoms with Gasteiger partial charge in [0.15, 0.2) is 0 Å². The molecule has 0 unspecified atom stereocenters. The van der Waals surface area contributed by atoms with Crippen molar-refractivity contribution in [1.82, 2.24) is 5.32 Å². The van der Waals surface area contributed by atoms with Gasteiger partial charge in [-0.05, 0) is 49.2 Å². The van der Waals surface area contributed by atoms with Crippen LogP contribution in [-0.2, 0) is 6.18 Å². The lowest BCUT2D eigenvalue weighted by molar-refractivity contribution is -0.138. The van der Waals surface area contributed by atoms with E-state index in [1.54, 1.807) is 13.2 Å². The zero-order valence-electron chi connectivity index (χ0n) is 16.3. The fraction of sp³-hybridized carbons (Fsp3) is 0.333. The molecule has 2 aromatic carbocycles. The first-order chi connectivity index (χ1) is 13.8. The number of nitrogens with one attached hydrogen (secondary N) is 1. The molecule has 5 nitrogen and oxygen atoms in total. The number of amidine groups is 1. The van der Waals surface area contributed by atoms with Gasteiger partial charge in [-0.1, -0.05) is 12.1 Å². The molecule has 0 aromatic heterocycles. The number of nitrogens with zero attached hydrogens (tertiary/aromatic N) is 3. The second kappa shape index (κ2) is 7.09. The summed E-state index contributed by atoms with van der Waals surface area (Å²) in [7, 11) is 1.59. The Bertz CT molecular complexity index is 1010. The van der Waals surface area contributed by atoms with E-state index >= 15 is 0 Å². The number of hydrogen-bond acceptors (Lipinski definition) is 5. The molecule has 0 amide bonds. The Balaban J connectivity index is 1.71. The van der Waals surface area contributed by atoms with Gasteiger partial charge in [-0.2, -0.15) is 18.2 Å². The van der Waals surface area contributed by atoms with Gasteiger partial charge in [-0.3, -0.25) is 0 Å². The van der Waals surface area contributed by atoms with Gasteiger partial charge in [0.2, 0.25) is 5.96 Å². The average molecular weight is 402 g/mol. The SMILES string of the molecule is COc1ccc2c(c1)C(N[C@H](C)c1cccc(C(F)(F)F)c1C)=NC1=NCCN12. The molecule has 0 fully saturated rings.